The monoisotopic (exact) mass is 220 g/mol. The molecule has 0 spiro atoms. The van der Waals surface area contributed by atoms with Gasteiger partial charge in [-0.2, -0.15) is 0 Å². The highest BCUT2D eigenvalue weighted by Crippen LogP contribution is 2.28. The quantitative estimate of drug-likeness (QED) is 0.831. The summed E-state index contributed by atoms with van der Waals surface area (Å²) < 4.78 is 0. The largest absolute Gasteiger partial charge is 0.395 e. The van der Waals surface area contributed by atoms with E-state index in [0.29, 0.717) is 5.56 Å². The van der Waals surface area contributed by atoms with Crippen LogP contribution in [0.25, 0.3) is 0 Å². The summed E-state index contributed by atoms with van der Waals surface area (Å²) in [4.78, 5) is 0. The topological polar surface area (TPSA) is 46.0 Å². The summed E-state index contributed by atoms with van der Waals surface area (Å²) in [6.45, 7) is 3.69. The molecule has 0 aliphatic heterocycles. The molecular weight excluding hydrogens is 211 g/mol. The molecular formula is C8H10Cl2N2O. The predicted molar refractivity (Wildman–Crippen MR) is 52.2 cm³/mol. The number of nitrogens with zero attached hydrogens (tertiary/aromatic N) is 2. The van der Waals surface area contributed by atoms with Crippen molar-refractivity contribution in [3.63, 3.8) is 0 Å². The zero-order chi connectivity index (χ0) is 10.1. The van der Waals surface area contributed by atoms with E-state index in [2.05, 4.69) is 10.2 Å². The maximum atomic E-state index is 9.11. The van der Waals surface area contributed by atoms with Crippen LogP contribution in [0.4, 0.5) is 0 Å². The van der Waals surface area contributed by atoms with Crippen LogP contribution >= 0.6 is 23.2 Å². The molecule has 13 heavy (non-hydrogen) atoms. The minimum atomic E-state index is -0.448. The Morgan fingerprint density at radius 1 is 1.38 bits per heavy atom. The van der Waals surface area contributed by atoms with Crippen LogP contribution in [0.1, 0.15) is 19.4 Å². The molecule has 1 N–H and O–H groups in total. The Morgan fingerprint density at radius 3 is 2.54 bits per heavy atom. The fourth-order valence-electron chi connectivity index (χ4n) is 0.913. The first-order valence-corrected chi connectivity index (χ1v) is 4.53. The van der Waals surface area contributed by atoms with Gasteiger partial charge in [0, 0.05) is 11.0 Å². The molecule has 0 fully saturated rings. The van der Waals surface area contributed by atoms with E-state index in [1.54, 1.807) is 6.07 Å². The number of rotatable bonds is 2. The third kappa shape index (κ3) is 2.30. The van der Waals surface area contributed by atoms with Gasteiger partial charge >= 0.3 is 0 Å². The van der Waals surface area contributed by atoms with Crippen molar-refractivity contribution in [3.8, 4) is 0 Å². The first-order chi connectivity index (χ1) is 5.97. The minimum Gasteiger partial charge on any atom is -0.395 e. The van der Waals surface area contributed by atoms with E-state index in [-0.39, 0.29) is 16.9 Å². The SMILES string of the molecule is CC(C)(CO)c1cc(Cl)nnc1Cl. The number of hydrogen-bond donors (Lipinski definition) is 1. The van der Waals surface area contributed by atoms with Crippen molar-refractivity contribution in [2.45, 2.75) is 19.3 Å². The fourth-order valence-corrected chi connectivity index (χ4v) is 1.41. The van der Waals surface area contributed by atoms with Crippen LogP contribution in [0.5, 0.6) is 0 Å². The molecule has 0 amide bonds. The summed E-state index contributed by atoms with van der Waals surface area (Å²) in [5.74, 6) is 0. The Hall–Kier alpha value is -0.380. The molecule has 0 saturated heterocycles. The average Bonchev–Trinajstić information content (AvgIpc) is 2.09. The van der Waals surface area contributed by atoms with Crippen molar-refractivity contribution >= 4 is 23.2 Å². The van der Waals surface area contributed by atoms with Gasteiger partial charge in [-0.05, 0) is 6.07 Å². The molecule has 0 aliphatic carbocycles. The maximum Gasteiger partial charge on any atom is 0.155 e. The lowest BCUT2D eigenvalue weighted by molar-refractivity contribution is 0.218. The van der Waals surface area contributed by atoms with E-state index in [0.717, 1.165) is 0 Å². The van der Waals surface area contributed by atoms with Crippen LogP contribution in [0, 0.1) is 0 Å². The van der Waals surface area contributed by atoms with Crippen molar-refractivity contribution in [1.82, 2.24) is 10.2 Å². The second kappa shape index (κ2) is 3.78. The zero-order valence-corrected chi connectivity index (χ0v) is 8.89. The van der Waals surface area contributed by atoms with Gasteiger partial charge in [0.05, 0.1) is 6.61 Å². The molecule has 0 aliphatic rings. The van der Waals surface area contributed by atoms with Crippen LogP contribution < -0.4 is 0 Å². The van der Waals surface area contributed by atoms with E-state index in [1.165, 1.54) is 0 Å². The number of aliphatic hydroxyl groups excluding tert-OH is 1. The van der Waals surface area contributed by atoms with E-state index in [1.807, 2.05) is 13.8 Å². The van der Waals surface area contributed by atoms with Gasteiger partial charge in [0.2, 0.25) is 0 Å². The Labute approximate surface area is 86.7 Å². The predicted octanol–water partition coefficient (Wildman–Crippen LogP) is 2.05. The van der Waals surface area contributed by atoms with Gasteiger partial charge in [-0.25, -0.2) is 0 Å². The molecule has 0 saturated carbocycles. The summed E-state index contributed by atoms with van der Waals surface area (Å²) in [5, 5.41) is 16.9. The second-order valence-electron chi connectivity index (χ2n) is 3.41. The minimum absolute atomic E-state index is 0.0191. The molecule has 0 aromatic carbocycles. The van der Waals surface area contributed by atoms with Gasteiger partial charge < -0.3 is 5.11 Å². The fraction of sp³-hybridized carbons (Fsp3) is 0.500. The molecule has 5 heteroatoms. The molecule has 1 heterocycles. The average molecular weight is 221 g/mol. The van der Waals surface area contributed by atoms with Gasteiger partial charge in [0.15, 0.2) is 10.3 Å². The van der Waals surface area contributed by atoms with E-state index in [9.17, 15) is 0 Å². The summed E-state index contributed by atoms with van der Waals surface area (Å²) in [6, 6.07) is 1.62. The summed E-state index contributed by atoms with van der Waals surface area (Å²) in [7, 11) is 0. The standard InChI is InChI=1S/C8H10Cl2N2O/c1-8(2,4-13)5-3-6(9)11-12-7(5)10/h3,13H,4H2,1-2H3. The van der Waals surface area contributed by atoms with Gasteiger partial charge in [-0.3, -0.25) is 0 Å². The molecule has 0 unspecified atom stereocenters. The van der Waals surface area contributed by atoms with E-state index >= 15 is 0 Å². The normalized spacial score (nSPS) is 11.8. The lowest BCUT2D eigenvalue weighted by Crippen LogP contribution is -2.23. The van der Waals surface area contributed by atoms with E-state index in [4.69, 9.17) is 28.3 Å². The summed E-state index contributed by atoms with van der Waals surface area (Å²) in [5.41, 5.74) is 0.257. The molecule has 72 valence electrons. The van der Waals surface area contributed by atoms with Crippen LogP contribution in [-0.4, -0.2) is 21.9 Å². The molecule has 0 radical (unpaired) electrons. The van der Waals surface area contributed by atoms with Gasteiger partial charge in [-0.15, -0.1) is 10.2 Å². The summed E-state index contributed by atoms with van der Waals surface area (Å²) in [6.07, 6.45) is 0. The van der Waals surface area contributed by atoms with Crippen molar-refractivity contribution in [1.29, 1.82) is 0 Å². The van der Waals surface area contributed by atoms with E-state index < -0.39 is 5.41 Å². The molecule has 3 nitrogen and oxygen atoms in total. The first-order valence-electron chi connectivity index (χ1n) is 3.77. The Morgan fingerprint density at radius 2 is 2.00 bits per heavy atom. The highest BCUT2D eigenvalue weighted by atomic mass is 35.5. The van der Waals surface area contributed by atoms with Crippen molar-refractivity contribution in [3.05, 3.63) is 21.9 Å². The third-order valence-electron chi connectivity index (χ3n) is 1.84. The van der Waals surface area contributed by atoms with Crippen molar-refractivity contribution < 1.29 is 5.11 Å². The smallest absolute Gasteiger partial charge is 0.155 e. The lowest BCUT2D eigenvalue weighted by atomic mass is 9.87. The van der Waals surface area contributed by atoms with Crippen molar-refractivity contribution in [2.75, 3.05) is 6.61 Å². The van der Waals surface area contributed by atoms with Crippen LogP contribution in [0.15, 0.2) is 6.07 Å². The van der Waals surface area contributed by atoms with Crippen LogP contribution in [0.3, 0.4) is 0 Å². The zero-order valence-electron chi connectivity index (χ0n) is 7.38. The third-order valence-corrected chi connectivity index (χ3v) is 2.31. The molecule has 1 aromatic heterocycles. The first kappa shape index (κ1) is 10.7. The molecule has 1 rings (SSSR count). The number of halogens is 2. The number of aliphatic hydroxyl groups is 1. The van der Waals surface area contributed by atoms with Gasteiger partial charge in [0.1, 0.15) is 0 Å². The molecule has 0 bridgehead atoms. The Balaban J connectivity index is 3.20. The highest BCUT2D eigenvalue weighted by Gasteiger charge is 2.23. The second-order valence-corrected chi connectivity index (χ2v) is 4.16. The van der Waals surface area contributed by atoms with Gasteiger partial charge in [0.25, 0.3) is 0 Å². The van der Waals surface area contributed by atoms with Crippen LogP contribution in [0.2, 0.25) is 10.3 Å². The number of hydrogen-bond acceptors (Lipinski definition) is 3. The Kier molecular flexibility index (Phi) is 3.11. The van der Waals surface area contributed by atoms with Gasteiger partial charge in [-0.1, -0.05) is 37.0 Å². The highest BCUT2D eigenvalue weighted by molar-refractivity contribution is 6.31. The Bertz CT molecular complexity index is 315. The van der Waals surface area contributed by atoms with Crippen LogP contribution in [-0.2, 0) is 5.41 Å². The summed E-state index contributed by atoms with van der Waals surface area (Å²) >= 11 is 11.5. The molecule has 1 aromatic rings. The lowest BCUT2D eigenvalue weighted by Gasteiger charge is -2.22. The van der Waals surface area contributed by atoms with Crippen molar-refractivity contribution in [2.24, 2.45) is 0 Å². The number of aromatic nitrogens is 2. The molecule has 0 atom stereocenters. The maximum absolute atomic E-state index is 9.11.